The number of halogens is 1. The molecule has 0 unspecified atom stereocenters. The molecule has 4 aliphatic rings. The van der Waals surface area contributed by atoms with Crippen LogP contribution >= 0.6 is 11.6 Å². The summed E-state index contributed by atoms with van der Waals surface area (Å²) in [5, 5.41) is 0.744. The Kier molecular flexibility index (Phi) is 4.73. The molecule has 4 saturated carbocycles. The SMILES string of the molecule is COC(=C1C2CC3CC(C2)CC1C3)c1ccc(/C=C/C(C)=O)c(C)c1Cl. The second kappa shape index (κ2) is 6.88. The zero-order chi connectivity index (χ0) is 18.4. The fourth-order valence-electron chi connectivity index (χ4n) is 5.71. The molecule has 0 atom stereocenters. The fraction of sp³-hybridized carbons (Fsp3) is 0.522. The number of benzene rings is 1. The van der Waals surface area contributed by atoms with Crippen LogP contribution in [-0.2, 0) is 9.53 Å². The maximum atomic E-state index is 11.2. The van der Waals surface area contributed by atoms with Gasteiger partial charge in [-0.05, 0) is 98.5 Å². The molecule has 138 valence electrons. The molecule has 1 aromatic rings. The van der Waals surface area contributed by atoms with Crippen molar-refractivity contribution >= 4 is 29.2 Å². The van der Waals surface area contributed by atoms with Crippen LogP contribution in [0.15, 0.2) is 23.8 Å². The molecule has 4 aliphatic carbocycles. The van der Waals surface area contributed by atoms with Crippen molar-refractivity contribution in [2.24, 2.45) is 23.7 Å². The lowest BCUT2D eigenvalue weighted by Crippen LogP contribution is -2.40. The van der Waals surface area contributed by atoms with E-state index in [1.54, 1.807) is 20.1 Å². The largest absolute Gasteiger partial charge is 0.496 e. The number of carbonyl (C=O) groups excluding carboxylic acids is 1. The topological polar surface area (TPSA) is 26.3 Å². The number of methoxy groups -OCH3 is 1. The Balaban J connectivity index is 1.76. The van der Waals surface area contributed by atoms with Crippen molar-refractivity contribution in [1.82, 2.24) is 0 Å². The van der Waals surface area contributed by atoms with Crippen LogP contribution in [0, 0.1) is 30.6 Å². The van der Waals surface area contributed by atoms with Crippen LogP contribution in [0.25, 0.3) is 11.8 Å². The average molecular weight is 371 g/mol. The molecule has 0 N–H and O–H groups in total. The van der Waals surface area contributed by atoms with Crippen molar-refractivity contribution < 1.29 is 9.53 Å². The van der Waals surface area contributed by atoms with Crippen molar-refractivity contribution in [3.05, 3.63) is 45.5 Å². The van der Waals surface area contributed by atoms with E-state index >= 15 is 0 Å². The van der Waals surface area contributed by atoms with Gasteiger partial charge in [0.25, 0.3) is 0 Å². The van der Waals surface area contributed by atoms with Gasteiger partial charge in [0.2, 0.25) is 0 Å². The summed E-state index contributed by atoms with van der Waals surface area (Å²) in [5.74, 6) is 4.25. The Hall–Kier alpha value is -1.54. The lowest BCUT2D eigenvalue weighted by molar-refractivity contribution is -0.112. The molecule has 0 amide bonds. The second-order valence-electron chi connectivity index (χ2n) is 8.38. The summed E-state index contributed by atoms with van der Waals surface area (Å²) in [6.45, 7) is 3.57. The normalized spacial score (nSPS) is 29.5. The van der Waals surface area contributed by atoms with E-state index in [2.05, 4.69) is 6.07 Å². The highest BCUT2D eigenvalue weighted by molar-refractivity contribution is 6.33. The highest BCUT2D eigenvalue weighted by Gasteiger charge is 2.46. The molecule has 2 nitrogen and oxygen atoms in total. The van der Waals surface area contributed by atoms with Gasteiger partial charge >= 0.3 is 0 Å². The Morgan fingerprint density at radius 1 is 1.12 bits per heavy atom. The first kappa shape index (κ1) is 17.9. The van der Waals surface area contributed by atoms with E-state index < -0.39 is 0 Å². The van der Waals surface area contributed by atoms with Gasteiger partial charge in [-0.2, -0.15) is 0 Å². The summed E-state index contributed by atoms with van der Waals surface area (Å²) >= 11 is 6.77. The van der Waals surface area contributed by atoms with Gasteiger partial charge in [-0.1, -0.05) is 23.7 Å². The standard InChI is InChI=1S/C23H27ClO2/c1-13(25)4-5-17-6-7-20(22(24)14(17)2)23(26-3)21-18-9-15-8-16(11-18)12-19(21)10-15/h4-7,15-16,18-19H,8-12H2,1-3H3/b5-4+,23-21?. The van der Waals surface area contributed by atoms with E-state index in [1.165, 1.54) is 37.7 Å². The summed E-state index contributed by atoms with van der Waals surface area (Å²) in [6, 6.07) is 4.11. The minimum Gasteiger partial charge on any atom is -0.496 e. The van der Waals surface area contributed by atoms with Gasteiger partial charge in [0.05, 0.1) is 12.1 Å². The van der Waals surface area contributed by atoms with Crippen LogP contribution in [0.1, 0.15) is 55.7 Å². The molecular weight excluding hydrogens is 344 g/mol. The zero-order valence-electron chi connectivity index (χ0n) is 15.8. The number of ether oxygens (including phenoxy) is 1. The number of hydrogen-bond acceptors (Lipinski definition) is 2. The molecular formula is C23H27ClO2. The van der Waals surface area contributed by atoms with Crippen molar-refractivity contribution in [2.75, 3.05) is 7.11 Å². The summed E-state index contributed by atoms with van der Waals surface area (Å²) in [6.07, 6.45) is 10.2. The molecule has 0 aromatic heterocycles. The van der Waals surface area contributed by atoms with Crippen LogP contribution in [0.4, 0.5) is 0 Å². The predicted molar refractivity (Wildman–Crippen MR) is 107 cm³/mol. The second-order valence-corrected chi connectivity index (χ2v) is 8.76. The lowest BCUT2D eigenvalue weighted by Gasteiger charge is -2.51. The number of carbonyl (C=O) groups is 1. The van der Waals surface area contributed by atoms with Crippen LogP contribution in [0.3, 0.4) is 0 Å². The molecule has 3 heteroatoms. The van der Waals surface area contributed by atoms with E-state index in [9.17, 15) is 4.79 Å². The molecule has 0 aliphatic heterocycles. The first-order valence-electron chi connectivity index (χ1n) is 9.74. The highest BCUT2D eigenvalue weighted by atomic mass is 35.5. The third-order valence-electron chi connectivity index (χ3n) is 6.65. The number of rotatable bonds is 4. The van der Waals surface area contributed by atoms with E-state index in [4.69, 9.17) is 16.3 Å². The quantitative estimate of drug-likeness (QED) is 0.475. The van der Waals surface area contributed by atoms with Gasteiger partial charge in [0, 0.05) is 5.56 Å². The Morgan fingerprint density at radius 3 is 2.27 bits per heavy atom. The minimum atomic E-state index is 0.0397. The number of hydrogen-bond donors (Lipinski definition) is 0. The van der Waals surface area contributed by atoms with Crippen molar-refractivity contribution in [3.63, 3.8) is 0 Å². The van der Waals surface area contributed by atoms with E-state index in [0.29, 0.717) is 11.8 Å². The van der Waals surface area contributed by atoms with E-state index in [0.717, 1.165) is 39.3 Å². The van der Waals surface area contributed by atoms with Crippen LogP contribution < -0.4 is 0 Å². The highest BCUT2D eigenvalue weighted by Crippen LogP contribution is 2.58. The van der Waals surface area contributed by atoms with Crippen LogP contribution in [0.5, 0.6) is 0 Å². The van der Waals surface area contributed by atoms with Gasteiger partial charge in [-0.15, -0.1) is 0 Å². The molecule has 26 heavy (non-hydrogen) atoms. The van der Waals surface area contributed by atoms with E-state index in [1.807, 2.05) is 19.1 Å². The molecule has 4 fully saturated rings. The monoisotopic (exact) mass is 370 g/mol. The molecule has 0 spiro atoms. The first-order valence-corrected chi connectivity index (χ1v) is 10.1. The Bertz CT molecular complexity index is 773. The average Bonchev–Trinajstić information content (AvgIpc) is 2.59. The zero-order valence-corrected chi connectivity index (χ0v) is 16.6. The van der Waals surface area contributed by atoms with Gasteiger partial charge in [-0.3, -0.25) is 4.79 Å². The van der Waals surface area contributed by atoms with Crippen molar-refractivity contribution in [2.45, 2.75) is 46.0 Å². The summed E-state index contributed by atoms with van der Waals surface area (Å²) in [7, 11) is 1.78. The van der Waals surface area contributed by atoms with Crippen LogP contribution in [-0.4, -0.2) is 12.9 Å². The molecule has 5 rings (SSSR count). The summed E-state index contributed by atoms with van der Waals surface area (Å²) in [5.41, 5.74) is 4.52. The molecule has 4 bridgehead atoms. The third-order valence-corrected chi connectivity index (χ3v) is 7.14. The number of ketones is 1. The predicted octanol–water partition coefficient (Wildman–Crippen LogP) is 6.06. The summed E-state index contributed by atoms with van der Waals surface area (Å²) < 4.78 is 5.96. The van der Waals surface area contributed by atoms with E-state index in [-0.39, 0.29) is 5.78 Å². The summed E-state index contributed by atoms with van der Waals surface area (Å²) in [4.78, 5) is 11.2. The molecule has 1 aromatic carbocycles. The molecule has 0 heterocycles. The Morgan fingerprint density at radius 2 is 1.73 bits per heavy atom. The fourth-order valence-corrected chi connectivity index (χ4v) is 5.97. The lowest BCUT2D eigenvalue weighted by atomic mass is 9.54. The molecule has 0 saturated heterocycles. The number of allylic oxidation sites excluding steroid dienone is 2. The van der Waals surface area contributed by atoms with Gasteiger partial charge < -0.3 is 4.74 Å². The Labute approximate surface area is 161 Å². The van der Waals surface area contributed by atoms with Gasteiger partial charge in [0.1, 0.15) is 5.76 Å². The van der Waals surface area contributed by atoms with Crippen LogP contribution in [0.2, 0.25) is 5.02 Å². The van der Waals surface area contributed by atoms with Crippen molar-refractivity contribution in [3.8, 4) is 0 Å². The first-order chi connectivity index (χ1) is 12.5. The van der Waals surface area contributed by atoms with Gasteiger partial charge in [-0.25, -0.2) is 0 Å². The third kappa shape index (κ3) is 3.03. The molecule has 0 radical (unpaired) electrons. The smallest absolute Gasteiger partial charge is 0.152 e. The van der Waals surface area contributed by atoms with Gasteiger partial charge in [0.15, 0.2) is 5.78 Å². The minimum absolute atomic E-state index is 0.0397. The maximum Gasteiger partial charge on any atom is 0.152 e. The maximum absolute atomic E-state index is 11.2. The van der Waals surface area contributed by atoms with Crippen molar-refractivity contribution in [1.29, 1.82) is 0 Å².